The molecule has 1 amide bonds. The molecule has 0 spiro atoms. The summed E-state index contributed by atoms with van der Waals surface area (Å²) in [4.78, 5) is 24.9. The first kappa shape index (κ1) is 32.4. The number of hydrogen-bond acceptors (Lipinski definition) is 12. The molecule has 1 atom stereocenters. The Kier molecular flexibility index (Phi) is 10.1. The predicted octanol–water partition coefficient (Wildman–Crippen LogP) is 2.76. The number of rotatable bonds is 8. The van der Waals surface area contributed by atoms with Gasteiger partial charge in [0.2, 0.25) is 17.2 Å². The van der Waals surface area contributed by atoms with Crippen LogP contribution in [0.15, 0.2) is 87.0 Å². The Balaban J connectivity index is 0.00000423. The van der Waals surface area contributed by atoms with Crippen LogP contribution in [0, 0.1) is 6.92 Å². The Bertz CT molecular complexity index is 1840. The number of carbonyl (C=O) groups is 1. The number of anilines is 5. The number of hydrogen-bond donors (Lipinski definition) is 2. The van der Waals surface area contributed by atoms with E-state index in [9.17, 15) is 17.8 Å². The summed E-state index contributed by atoms with van der Waals surface area (Å²) in [5.41, 5.74) is 2.05. The molecule has 214 valence electrons. The fourth-order valence-electron chi connectivity index (χ4n) is 3.99. The fourth-order valence-corrected chi connectivity index (χ4v) is 5.04. The van der Waals surface area contributed by atoms with E-state index in [4.69, 9.17) is 23.2 Å². The van der Waals surface area contributed by atoms with Gasteiger partial charge in [0, 0.05) is 11.4 Å². The quantitative estimate of drug-likeness (QED) is 0.165. The van der Waals surface area contributed by atoms with Gasteiger partial charge in [-0.25, -0.2) is 8.42 Å². The zero-order valence-corrected chi connectivity index (χ0v) is 27.2. The molecule has 0 aliphatic carbocycles. The van der Waals surface area contributed by atoms with E-state index >= 15 is 0 Å². The molecular formula is C26H20Cl2N9NaO4S. The number of azo groups is 1. The number of halogens is 2. The maximum atomic E-state index is 13.2. The molecule has 0 saturated heterocycles. The van der Waals surface area contributed by atoms with Crippen molar-refractivity contribution in [2.75, 3.05) is 15.6 Å². The number of nitrogens with zero attached hydrogens (tertiary/aromatic N) is 7. The Morgan fingerprint density at radius 1 is 0.907 bits per heavy atom. The van der Waals surface area contributed by atoms with E-state index in [1.807, 2.05) is 18.2 Å². The average molecular weight is 648 g/mol. The molecule has 1 aromatic heterocycles. The van der Waals surface area contributed by atoms with Crippen LogP contribution in [0.4, 0.5) is 34.6 Å². The summed E-state index contributed by atoms with van der Waals surface area (Å²) >= 11 is 12.4. The summed E-state index contributed by atoms with van der Waals surface area (Å²) in [6, 6.07) is 16.7. The molecule has 1 aliphatic heterocycles. The first-order chi connectivity index (χ1) is 20.0. The maximum absolute atomic E-state index is 13.2. The Morgan fingerprint density at radius 3 is 2.23 bits per heavy atom. The minimum Gasteiger partial charge on any atom is -0.744 e. The van der Waals surface area contributed by atoms with Crippen molar-refractivity contribution in [3.63, 3.8) is 0 Å². The zero-order valence-electron chi connectivity index (χ0n) is 22.9. The smallest absolute Gasteiger partial charge is 0.744 e. The van der Waals surface area contributed by atoms with Crippen LogP contribution in [0.2, 0.25) is 10.3 Å². The predicted molar refractivity (Wildman–Crippen MR) is 157 cm³/mol. The van der Waals surface area contributed by atoms with Gasteiger partial charge in [0.15, 0.2) is 6.04 Å². The zero-order chi connectivity index (χ0) is 30.0. The normalized spacial score (nSPS) is 14.9. The number of nitrogens with one attached hydrogen (secondary N) is 2. The van der Waals surface area contributed by atoms with Crippen LogP contribution >= 0.6 is 23.2 Å². The average Bonchev–Trinajstić information content (AvgIpc) is 3.19. The van der Waals surface area contributed by atoms with Crippen molar-refractivity contribution in [1.29, 1.82) is 0 Å². The summed E-state index contributed by atoms with van der Waals surface area (Å²) in [6.07, 6.45) is 0. The molecular weight excluding hydrogens is 628 g/mol. The third-order valence-electron chi connectivity index (χ3n) is 5.90. The van der Waals surface area contributed by atoms with Crippen molar-refractivity contribution < 1.29 is 47.3 Å². The summed E-state index contributed by atoms with van der Waals surface area (Å²) in [5.74, 6) is -0.379. The summed E-state index contributed by atoms with van der Waals surface area (Å²) < 4.78 is 35.9. The van der Waals surface area contributed by atoms with Crippen molar-refractivity contribution in [1.82, 2.24) is 15.0 Å². The molecule has 0 fully saturated rings. The Morgan fingerprint density at radius 2 is 1.58 bits per heavy atom. The third-order valence-corrected chi connectivity index (χ3v) is 7.26. The number of benzene rings is 3. The van der Waals surface area contributed by atoms with Gasteiger partial charge in [0.1, 0.15) is 15.8 Å². The molecule has 43 heavy (non-hydrogen) atoms. The van der Waals surface area contributed by atoms with E-state index in [1.54, 1.807) is 44.2 Å². The van der Waals surface area contributed by atoms with E-state index in [-0.39, 0.29) is 58.1 Å². The minimum absolute atomic E-state index is 0. The van der Waals surface area contributed by atoms with E-state index in [0.29, 0.717) is 27.7 Å². The van der Waals surface area contributed by atoms with E-state index in [0.717, 1.165) is 11.1 Å². The molecule has 17 heteroatoms. The molecule has 5 rings (SSSR count). The van der Waals surface area contributed by atoms with Gasteiger partial charge in [-0.1, -0.05) is 41.9 Å². The van der Waals surface area contributed by atoms with E-state index in [1.165, 1.54) is 12.1 Å². The number of aryl methyl sites for hydroxylation is 1. The fraction of sp³-hybridized carbons (Fsp3) is 0.115. The van der Waals surface area contributed by atoms with Crippen LogP contribution in [0.1, 0.15) is 12.5 Å². The number of hydrazone groups is 1. The molecule has 1 unspecified atom stereocenters. The second kappa shape index (κ2) is 13.4. The third kappa shape index (κ3) is 7.54. The molecule has 0 saturated carbocycles. The molecule has 3 aromatic carbocycles. The first-order valence-electron chi connectivity index (χ1n) is 12.2. The van der Waals surface area contributed by atoms with Crippen LogP contribution < -0.4 is 45.2 Å². The van der Waals surface area contributed by atoms with Crippen LogP contribution in [0.3, 0.4) is 0 Å². The second-order valence-electron chi connectivity index (χ2n) is 8.92. The monoisotopic (exact) mass is 647 g/mol. The van der Waals surface area contributed by atoms with Gasteiger partial charge in [-0.15, -0.1) is 0 Å². The number of amides is 1. The number of para-hydroxylation sites is 2. The van der Waals surface area contributed by atoms with E-state index < -0.39 is 27.0 Å². The van der Waals surface area contributed by atoms with Crippen molar-refractivity contribution >= 4 is 79.6 Å². The van der Waals surface area contributed by atoms with Crippen LogP contribution in [0.5, 0.6) is 0 Å². The SMILES string of the molecule is CC1=NN(c2c(C)cccc2Cl)C(=O)C1N=Nc1cc(Nc2nc(Cl)nc(Nc3ccccc3)n2)ccc1S(=O)(=O)[O-].[Na+]. The van der Waals surface area contributed by atoms with Gasteiger partial charge >= 0.3 is 29.6 Å². The Hall–Kier alpha value is -3.50. The van der Waals surface area contributed by atoms with Crippen LogP contribution in [0.25, 0.3) is 0 Å². The van der Waals surface area contributed by atoms with E-state index in [2.05, 4.69) is 40.9 Å². The van der Waals surface area contributed by atoms with Gasteiger partial charge in [0.05, 0.1) is 21.3 Å². The summed E-state index contributed by atoms with van der Waals surface area (Å²) in [5, 5.41) is 19.5. The second-order valence-corrected chi connectivity index (χ2v) is 11.0. The standard InChI is InChI=1S/C26H21Cl2N9O4S.Na/c1-14-7-6-10-18(27)22(14)37-23(38)21(15(2)36-37)35-34-19-13-17(11-12-20(19)42(39,40)41)30-26-32-24(28)31-25(33-26)29-16-8-4-3-5-9-16;/h3-13,21H,1-2H3,(H,39,40,41)(H2,29,30,31,32,33);/q;+1/p-1. The van der Waals surface area contributed by atoms with Gasteiger partial charge in [-0.3, -0.25) is 4.79 Å². The van der Waals surface area contributed by atoms with Gasteiger partial charge in [0.25, 0.3) is 5.91 Å². The van der Waals surface area contributed by atoms with Gasteiger partial charge in [-0.2, -0.15) is 35.3 Å². The molecule has 1 aliphatic rings. The molecule has 13 nitrogen and oxygen atoms in total. The van der Waals surface area contributed by atoms with Gasteiger partial charge in [-0.05, 0) is 67.4 Å². The number of aromatic nitrogens is 3. The topological polar surface area (TPSA) is 177 Å². The van der Waals surface area contributed by atoms with Gasteiger partial charge < -0.3 is 15.2 Å². The molecule has 0 bridgehead atoms. The molecule has 2 heterocycles. The van der Waals surface area contributed by atoms with Crippen molar-refractivity contribution in [2.24, 2.45) is 15.3 Å². The van der Waals surface area contributed by atoms with Crippen LogP contribution in [-0.2, 0) is 14.9 Å². The summed E-state index contributed by atoms with van der Waals surface area (Å²) in [6.45, 7) is 3.35. The number of carbonyl (C=O) groups excluding carboxylic acids is 1. The van der Waals surface area contributed by atoms with Crippen molar-refractivity contribution in [3.05, 3.63) is 82.6 Å². The largest absolute Gasteiger partial charge is 1.00 e. The van der Waals surface area contributed by atoms with Crippen LogP contribution in [-0.4, -0.2) is 45.6 Å². The molecule has 4 aromatic rings. The summed E-state index contributed by atoms with van der Waals surface area (Å²) in [7, 11) is -4.96. The minimum atomic E-state index is -4.96. The molecule has 0 radical (unpaired) electrons. The Labute approximate surface area is 278 Å². The maximum Gasteiger partial charge on any atom is 1.00 e. The van der Waals surface area contributed by atoms with Crippen molar-refractivity contribution in [2.45, 2.75) is 24.8 Å². The van der Waals surface area contributed by atoms with Crippen molar-refractivity contribution in [3.8, 4) is 0 Å². The first-order valence-corrected chi connectivity index (χ1v) is 14.3. The molecule has 2 N–H and O–H groups in total.